The summed E-state index contributed by atoms with van der Waals surface area (Å²) in [5.41, 5.74) is 0.325. The monoisotopic (exact) mass is 771 g/mol. The number of hydrogen-bond donors (Lipinski definition) is 3. The van der Waals surface area contributed by atoms with Crippen molar-refractivity contribution in [2.24, 2.45) is 0 Å². The molecule has 2 heterocycles. The van der Waals surface area contributed by atoms with E-state index in [4.69, 9.17) is 28.4 Å². The molecule has 2 aliphatic rings. The molecule has 54 heavy (non-hydrogen) atoms. The number of urea groups is 1. The third-order valence-electron chi connectivity index (χ3n) is 8.14. The lowest BCUT2D eigenvalue weighted by atomic mass is 10.0. The summed E-state index contributed by atoms with van der Waals surface area (Å²) >= 11 is 1.87. The molecule has 0 aliphatic carbocycles. The molecule has 0 radical (unpaired) electrons. The van der Waals surface area contributed by atoms with E-state index >= 15 is 0 Å². The number of thioether (sulfide) groups is 1. The van der Waals surface area contributed by atoms with Crippen LogP contribution in [0.1, 0.15) is 87.9 Å². The second-order valence-electron chi connectivity index (χ2n) is 13.5. The highest BCUT2D eigenvalue weighted by atomic mass is 32.2. The molecule has 2 saturated heterocycles. The summed E-state index contributed by atoms with van der Waals surface area (Å²) in [5, 5.41) is 9.16. The van der Waals surface area contributed by atoms with Crippen molar-refractivity contribution >= 4 is 47.6 Å². The molecule has 15 nitrogen and oxygen atoms in total. The van der Waals surface area contributed by atoms with Gasteiger partial charge in [0.05, 0.1) is 60.8 Å². The minimum absolute atomic E-state index is 0.0157. The molecule has 3 N–H and O–H groups in total. The van der Waals surface area contributed by atoms with Gasteiger partial charge in [0.25, 0.3) is 0 Å². The Hall–Kier alpha value is -4.67. The largest absolute Gasteiger partial charge is 0.460 e. The highest BCUT2D eigenvalue weighted by Crippen LogP contribution is 2.33. The van der Waals surface area contributed by atoms with E-state index < -0.39 is 29.5 Å². The summed E-state index contributed by atoms with van der Waals surface area (Å²) in [6.45, 7) is 6.47. The van der Waals surface area contributed by atoms with E-state index in [2.05, 4.69) is 16.0 Å². The van der Waals surface area contributed by atoms with E-state index in [1.54, 1.807) is 20.8 Å². The summed E-state index contributed by atoms with van der Waals surface area (Å²) < 4.78 is 31.7. The van der Waals surface area contributed by atoms with Gasteiger partial charge < -0.3 is 44.4 Å². The Bertz CT molecular complexity index is 1580. The molecule has 3 amide bonds. The van der Waals surface area contributed by atoms with Crippen molar-refractivity contribution in [3.8, 4) is 0 Å². The number of carbonyl (C=O) groups excluding carboxylic acids is 6. The fourth-order valence-electron chi connectivity index (χ4n) is 5.48. The third kappa shape index (κ3) is 14.3. The summed E-state index contributed by atoms with van der Waals surface area (Å²) in [5.74, 6) is -1.47. The number of hydrogen-bond acceptors (Lipinski definition) is 13. The van der Waals surface area contributed by atoms with Crippen molar-refractivity contribution in [3.63, 3.8) is 0 Å². The highest BCUT2D eigenvalue weighted by molar-refractivity contribution is 8.00. The van der Waals surface area contributed by atoms with Crippen LogP contribution < -0.4 is 16.0 Å². The van der Waals surface area contributed by atoms with Crippen LogP contribution in [0.5, 0.6) is 0 Å². The molecule has 0 saturated carbocycles. The van der Waals surface area contributed by atoms with Gasteiger partial charge >= 0.3 is 29.9 Å². The number of benzene rings is 2. The molecule has 1 unspecified atom stereocenters. The van der Waals surface area contributed by atoms with E-state index in [1.165, 1.54) is 48.5 Å². The summed E-state index contributed by atoms with van der Waals surface area (Å²) in [6.07, 6.45) is 3.15. The van der Waals surface area contributed by atoms with Gasteiger partial charge in [-0.15, -0.1) is 0 Å². The predicted molar refractivity (Wildman–Crippen MR) is 198 cm³/mol. The van der Waals surface area contributed by atoms with Crippen molar-refractivity contribution in [2.75, 3.05) is 58.5 Å². The van der Waals surface area contributed by atoms with Crippen LogP contribution >= 0.6 is 11.8 Å². The summed E-state index contributed by atoms with van der Waals surface area (Å²) in [4.78, 5) is 72.7. The molecule has 2 aromatic rings. The van der Waals surface area contributed by atoms with Crippen LogP contribution in [0, 0.1) is 0 Å². The number of fused-ring (bicyclic) bond motifs is 1. The van der Waals surface area contributed by atoms with Gasteiger partial charge in [-0.05, 0) is 82.1 Å². The Labute approximate surface area is 318 Å². The molecule has 2 aromatic carbocycles. The normalized spacial score (nSPS) is 17.5. The van der Waals surface area contributed by atoms with E-state index in [1.807, 2.05) is 11.8 Å². The first-order valence-electron chi connectivity index (χ1n) is 18.0. The molecule has 16 heteroatoms. The Morgan fingerprint density at radius 3 is 1.70 bits per heavy atom. The van der Waals surface area contributed by atoms with Crippen LogP contribution in [0.15, 0.2) is 48.5 Å². The highest BCUT2D eigenvalue weighted by Gasteiger charge is 2.42. The van der Waals surface area contributed by atoms with Gasteiger partial charge in [0, 0.05) is 24.0 Å². The number of unbranched alkanes of at least 4 members (excludes halogenated alkanes) is 1. The van der Waals surface area contributed by atoms with Crippen molar-refractivity contribution in [1.82, 2.24) is 16.0 Å². The van der Waals surface area contributed by atoms with Gasteiger partial charge in [0.15, 0.2) is 0 Å². The van der Waals surface area contributed by atoms with Crippen LogP contribution in [0.2, 0.25) is 0 Å². The Morgan fingerprint density at radius 1 is 0.685 bits per heavy atom. The van der Waals surface area contributed by atoms with Gasteiger partial charge in [0.1, 0.15) is 25.4 Å². The lowest BCUT2D eigenvalue weighted by Gasteiger charge is -2.19. The molecule has 0 bridgehead atoms. The molecule has 4 rings (SSSR count). The maximum absolute atomic E-state index is 12.4. The zero-order chi connectivity index (χ0) is 38.9. The second-order valence-corrected chi connectivity index (χ2v) is 14.8. The summed E-state index contributed by atoms with van der Waals surface area (Å²) in [6, 6.07) is 11.9. The first-order valence-corrected chi connectivity index (χ1v) is 19.0. The van der Waals surface area contributed by atoms with Gasteiger partial charge in [0.2, 0.25) is 5.91 Å². The maximum atomic E-state index is 12.4. The minimum atomic E-state index is -0.658. The topological polar surface area (TPSA) is 194 Å². The van der Waals surface area contributed by atoms with Crippen molar-refractivity contribution < 1.29 is 57.2 Å². The number of ether oxygens (including phenoxy) is 6. The van der Waals surface area contributed by atoms with E-state index in [0.29, 0.717) is 43.6 Å². The predicted octanol–water partition coefficient (Wildman–Crippen LogP) is 3.69. The molecular weight excluding hydrogens is 722 g/mol. The smallest absolute Gasteiger partial charge is 0.338 e. The molecule has 2 fully saturated rings. The SMILES string of the molecule is CC(C)(C)OC(=O)c1ccc(C(=O)OCCOC(=O)c2ccc(C(=O)OCCOCCOCCNC(=O)CCCCC3SC[C@H]4NC(=O)N[C@@H]34)cc2)cc1. The average Bonchev–Trinajstić information content (AvgIpc) is 3.70. The van der Waals surface area contributed by atoms with Crippen molar-refractivity contribution in [2.45, 2.75) is 69.4 Å². The molecule has 0 aromatic heterocycles. The Balaban J connectivity index is 0.963. The molecule has 2 aliphatic heterocycles. The van der Waals surface area contributed by atoms with Crippen molar-refractivity contribution in [3.05, 3.63) is 70.8 Å². The van der Waals surface area contributed by atoms with Gasteiger partial charge in [-0.25, -0.2) is 24.0 Å². The number of nitrogens with one attached hydrogen (secondary N) is 3. The van der Waals surface area contributed by atoms with E-state index in [9.17, 15) is 28.8 Å². The van der Waals surface area contributed by atoms with Gasteiger partial charge in [-0.1, -0.05) is 6.42 Å². The number of amides is 3. The molecular formula is C38H49N3O12S. The third-order valence-corrected chi connectivity index (χ3v) is 9.65. The maximum Gasteiger partial charge on any atom is 0.338 e. The fraction of sp³-hybridized carbons (Fsp3) is 0.526. The van der Waals surface area contributed by atoms with Crippen LogP contribution in [0.3, 0.4) is 0 Å². The quantitative estimate of drug-likeness (QED) is 0.0721. The Kier molecular flexibility index (Phi) is 16.6. The second kappa shape index (κ2) is 21.3. The number of carbonyl (C=O) groups is 6. The first kappa shape index (κ1) is 42.1. The van der Waals surface area contributed by atoms with Crippen LogP contribution in [0.4, 0.5) is 4.79 Å². The zero-order valence-electron chi connectivity index (χ0n) is 30.9. The lowest BCUT2D eigenvalue weighted by molar-refractivity contribution is -0.121. The van der Waals surface area contributed by atoms with E-state index in [0.717, 1.165) is 25.0 Å². The minimum Gasteiger partial charge on any atom is -0.460 e. The molecule has 294 valence electrons. The standard InChI is InChI=1S/C38H49N3O12S/c1-38(2,3)53-36(46)28-14-12-27(13-15-28)35(45)52-23-22-51-34(44)26-10-8-25(9-11-26)33(43)50-21-20-49-19-18-48-17-16-39-31(42)7-5-4-6-30-32-29(24-54-30)40-37(47)41-32/h8-15,29-30,32H,4-7,16-24H2,1-3H3,(H,39,42)(H2,40,41,47)/t29-,30?,32-/m1/s1. The Morgan fingerprint density at radius 2 is 1.17 bits per heavy atom. The van der Waals surface area contributed by atoms with Crippen LogP contribution in [0.25, 0.3) is 0 Å². The summed E-state index contributed by atoms with van der Waals surface area (Å²) in [7, 11) is 0. The van der Waals surface area contributed by atoms with E-state index in [-0.39, 0.29) is 67.1 Å². The number of esters is 4. The van der Waals surface area contributed by atoms with Gasteiger partial charge in [-0.3, -0.25) is 4.79 Å². The fourth-order valence-corrected chi connectivity index (χ4v) is 7.02. The number of rotatable bonds is 21. The van der Waals surface area contributed by atoms with Crippen LogP contribution in [-0.4, -0.2) is 117 Å². The molecule has 0 spiro atoms. The zero-order valence-corrected chi connectivity index (χ0v) is 31.7. The molecule has 3 atom stereocenters. The first-order chi connectivity index (χ1) is 25.9. The van der Waals surface area contributed by atoms with Gasteiger partial charge in [-0.2, -0.15) is 11.8 Å². The average molecular weight is 772 g/mol. The lowest BCUT2D eigenvalue weighted by Crippen LogP contribution is -2.36. The van der Waals surface area contributed by atoms with Crippen LogP contribution in [-0.2, 0) is 33.2 Å². The van der Waals surface area contributed by atoms with Crippen molar-refractivity contribution in [1.29, 1.82) is 0 Å².